The summed E-state index contributed by atoms with van der Waals surface area (Å²) in [5, 5.41) is 14.6. The minimum atomic E-state index is -1.16. The zero-order valence-corrected chi connectivity index (χ0v) is 26.9. The Labute approximate surface area is 275 Å². The maximum Gasteiger partial charge on any atom is 0.258 e. The summed E-state index contributed by atoms with van der Waals surface area (Å²) >= 11 is 0. The molecule has 1 spiro atoms. The van der Waals surface area contributed by atoms with Crippen LogP contribution in [0.1, 0.15) is 61.0 Å². The van der Waals surface area contributed by atoms with E-state index in [2.05, 4.69) is 5.32 Å². The van der Waals surface area contributed by atoms with Crippen molar-refractivity contribution in [1.82, 2.24) is 15.1 Å². The molecule has 0 radical (unpaired) electrons. The van der Waals surface area contributed by atoms with Crippen LogP contribution in [0.4, 0.5) is 0 Å². The fraction of sp³-hybridized carbons (Fsp3) is 0.368. The zero-order valence-electron chi connectivity index (χ0n) is 26.9. The maximum absolute atomic E-state index is 14.3. The Morgan fingerprint density at radius 3 is 2.21 bits per heavy atom. The molecule has 9 heteroatoms. The lowest BCUT2D eigenvalue weighted by Gasteiger charge is -2.41. The van der Waals surface area contributed by atoms with Crippen LogP contribution in [0.2, 0.25) is 0 Å². The number of aliphatic hydroxyl groups is 1. The van der Waals surface area contributed by atoms with Crippen molar-refractivity contribution in [3.05, 3.63) is 114 Å². The number of nitrogens with one attached hydrogen (secondary N) is 1. The summed E-state index contributed by atoms with van der Waals surface area (Å²) in [6.07, 6.45) is 4.86. The third-order valence-electron chi connectivity index (χ3n) is 9.28. The van der Waals surface area contributed by atoms with Crippen molar-refractivity contribution in [3.8, 4) is 0 Å². The molecule has 9 nitrogen and oxygen atoms in total. The second-order valence-electron chi connectivity index (χ2n) is 13.1. The molecule has 1 saturated carbocycles. The van der Waals surface area contributed by atoms with Gasteiger partial charge in [-0.25, -0.2) is 4.99 Å². The first-order valence-corrected chi connectivity index (χ1v) is 16.4. The molecule has 0 bridgehead atoms. The highest BCUT2D eigenvalue weighted by Gasteiger charge is 2.44. The fourth-order valence-corrected chi connectivity index (χ4v) is 6.83. The van der Waals surface area contributed by atoms with Crippen molar-refractivity contribution in [1.29, 1.82) is 0 Å². The molecule has 3 amide bonds. The van der Waals surface area contributed by atoms with Crippen LogP contribution >= 0.6 is 0 Å². The number of ether oxygens (including phenoxy) is 1. The highest BCUT2D eigenvalue weighted by molar-refractivity contribution is 6.03. The Morgan fingerprint density at radius 2 is 1.57 bits per heavy atom. The molecule has 3 aliphatic rings. The highest BCUT2D eigenvalue weighted by Crippen LogP contribution is 2.37. The molecule has 244 valence electrons. The molecule has 6 rings (SSSR count). The summed E-state index contributed by atoms with van der Waals surface area (Å²) in [7, 11) is 0. The molecule has 3 aromatic rings. The van der Waals surface area contributed by atoms with Gasteiger partial charge in [0, 0.05) is 11.8 Å². The Balaban J connectivity index is 1.30. The number of nitrogens with zero attached hydrogens (tertiary/aromatic N) is 3. The third kappa shape index (κ3) is 7.00. The van der Waals surface area contributed by atoms with Gasteiger partial charge in [0.15, 0.2) is 0 Å². The second kappa shape index (κ2) is 13.9. The molecule has 1 fully saturated rings. The Morgan fingerprint density at radius 1 is 0.957 bits per heavy atom. The van der Waals surface area contributed by atoms with Gasteiger partial charge in [0.05, 0.1) is 17.3 Å². The van der Waals surface area contributed by atoms with Gasteiger partial charge in [0.25, 0.3) is 11.8 Å². The summed E-state index contributed by atoms with van der Waals surface area (Å²) in [6, 6.07) is 26.2. The van der Waals surface area contributed by atoms with E-state index in [4.69, 9.17) is 9.73 Å². The van der Waals surface area contributed by atoms with Crippen LogP contribution in [0.15, 0.2) is 102 Å². The molecule has 1 aliphatic carbocycles. The second-order valence-corrected chi connectivity index (χ2v) is 13.1. The Kier molecular flexibility index (Phi) is 9.54. The van der Waals surface area contributed by atoms with Gasteiger partial charge in [-0.3, -0.25) is 19.3 Å². The van der Waals surface area contributed by atoms with E-state index in [-0.39, 0.29) is 35.7 Å². The van der Waals surface area contributed by atoms with E-state index in [1.165, 1.54) is 9.80 Å². The molecule has 3 atom stereocenters. The van der Waals surface area contributed by atoms with E-state index in [0.29, 0.717) is 29.9 Å². The van der Waals surface area contributed by atoms with E-state index >= 15 is 0 Å². The monoisotopic (exact) mass is 634 g/mol. The summed E-state index contributed by atoms with van der Waals surface area (Å²) in [5.41, 5.74) is 2.24. The van der Waals surface area contributed by atoms with E-state index in [1.807, 2.05) is 80.6 Å². The molecule has 2 N–H and O–H groups in total. The van der Waals surface area contributed by atoms with E-state index in [9.17, 15) is 19.5 Å². The lowest BCUT2D eigenvalue weighted by atomic mass is 9.96. The van der Waals surface area contributed by atoms with Gasteiger partial charge in [0.2, 0.25) is 11.8 Å². The Hall–Kier alpha value is -4.76. The first-order chi connectivity index (χ1) is 22.7. The molecule has 0 saturated heterocycles. The van der Waals surface area contributed by atoms with Gasteiger partial charge < -0.3 is 20.1 Å². The van der Waals surface area contributed by atoms with Crippen LogP contribution in [0, 0.1) is 5.92 Å². The van der Waals surface area contributed by atoms with Crippen LogP contribution in [0.25, 0.3) is 5.70 Å². The highest BCUT2D eigenvalue weighted by atomic mass is 16.5. The molecule has 2 unspecified atom stereocenters. The zero-order chi connectivity index (χ0) is 33.0. The largest absolute Gasteiger partial charge is 0.476 e. The smallest absolute Gasteiger partial charge is 0.258 e. The summed E-state index contributed by atoms with van der Waals surface area (Å²) in [5.74, 6) is -1.07. The first kappa shape index (κ1) is 32.2. The lowest BCUT2D eigenvalue weighted by Crippen LogP contribution is -2.57. The molecule has 0 aromatic heterocycles. The van der Waals surface area contributed by atoms with Crippen LogP contribution < -0.4 is 5.32 Å². The van der Waals surface area contributed by atoms with Crippen LogP contribution in [0.3, 0.4) is 0 Å². The van der Waals surface area contributed by atoms with Crippen molar-refractivity contribution in [3.63, 3.8) is 0 Å². The predicted octanol–water partition coefficient (Wildman–Crippen LogP) is 4.82. The van der Waals surface area contributed by atoms with Crippen LogP contribution in [-0.2, 0) is 20.7 Å². The molecular formula is C38H42N4O5. The quantitative estimate of drug-likeness (QED) is 0.332. The van der Waals surface area contributed by atoms with Crippen molar-refractivity contribution in [2.24, 2.45) is 10.9 Å². The maximum atomic E-state index is 14.3. The van der Waals surface area contributed by atoms with Crippen molar-refractivity contribution in [2.75, 3.05) is 13.2 Å². The minimum Gasteiger partial charge on any atom is -0.476 e. The van der Waals surface area contributed by atoms with Crippen molar-refractivity contribution in [2.45, 2.75) is 69.7 Å². The normalized spacial score (nSPS) is 20.1. The van der Waals surface area contributed by atoms with E-state index in [0.717, 1.165) is 31.2 Å². The number of aliphatic hydroxyl groups excluding tert-OH is 1. The number of benzene rings is 3. The van der Waals surface area contributed by atoms with Crippen molar-refractivity contribution < 1.29 is 24.2 Å². The number of carbonyl (C=O) groups is 3. The van der Waals surface area contributed by atoms with Gasteiger partial charge in [-0.1, -0.05) is 106 Å². The van der Waals surface area contributed by atoms with Gasteiger partial charge >= 0.3 is 0 Å². The Bertz CT molecular complexity index is 1630. The third-order valence-corrected chi connectivity index (χ3v) is 9.28. The van der Waals surface area contributed by atoms with Crippen molar-refractivity contribution >= 4 is 29.3 Å². The topological polar surface area (TPSA) is 112 Å². The van der Waals surface area contributed by atoms with Gasteiger partial charge in [-0.05, 0) is 48.4 Å². The number of rotatable bonds is 10. The van der Waals surface area contributed by atoms with Gasteiger partial charge in [0.1, 0.15) is 25.3 Å². The van der Waals surface area contributed by atoms with E-state index in [1.54, 1.807) is 30.5 Å². The molecule has 2 heterocycles. The molecule has 3 aromatic carbocycles. The summed E-state index contributed by atoms with van der Waals surface area (Å²) in [4.78, 5) is 49.8. The summed E-state index contributed by atoms with van der Waals surface area (Å²) < 4.78 is 5.94. The number of hydrogen-bond donors (Lipinski definition) is 2. The standard InChI is InChI=1S/C38H42N4O5/c1-26(2)33-37(46)41(31(28-16-8-4-9-17-28)23-42(33)36(45)29-18-10-5-11-19-29)24-32(43)39-30(22-27-14-6-3-7-15-27)34(44)35-40-38(25-47-35)20-12-13-21-38/h3-11,14-19,23,26,30,33-34,44H,12-13,20-22,24-25H2,1-2H3,(H,39,43)/t30-,33?,34?/m0/s1. The average Bonchev–Trinajstić information content (AvgIpc) is 3.74. The molecule has 2 aliphatic heterocycles. The number of carbonyl (C=O) groups excluding carboxylic acids is 3. The van der Waals surface area contributed by atoms with E-state index < -0.39 is 24.1 Å². The van der Waals surface area contributed by atoms with Gasteiger partial charge in [-0.2, -0.15) is 0 Å². The number of hydrogen-bond acceptors (Lipinski definition) is 6. The molecule has 47 heavy (non-hydrogen) atoms. The molecular weight excluding hydrogens is 592 g/mol. The fourth-order valence-electron chi connectivity index (χ4n) is 6.83. The SMILES string of the molecule is CC(C)C1C(=O)N(CC(=O)N[C@@H](Cc2ccccc2)C(O)C2=NC3(CCCC3)CO2)C(c2ccccc2)=CN1C(=O)c1ccccc1. The number of amides is 3. The lowest BCUT2D eigenvalue weighted by molar-refractivity contribution is -0.138. The minimum absolute atomic E-state index is 0.234. The first-order valence-electron chi connectivity index (χ1n) is 16.4. The summed E-state index contributed by atoms with van der Waals surface area (Å²) in [6.45, 7) is 3.91. The van der Waals surface area contributed by atoms with Crippen LogP contribution in [-0.4, -0.2) is 75.4 Å². The van der Waals surface area contributed by atoms with Crippen LogP contribution in [0.5, 0.6) is 0 Å². The predicted molar refractivity (Wildman–Crippen MR) is 180 cm³/mol. The van der Waals surface area contributed by atoms with Gasteiger partial charge in [-0.15, -0.1) is 0 Å². The number of aliphatic imine (C=N–C) groups is 1. The average molecular weight is 635 g/mol.